The Bertz CT molecular complexity index is 780. The van der Waals surface area contributed by atoms with Crippen LogP contribution in [0.25, 0.3) is 12.2 Å². The van der Waals surface area contributed by atoms with Crippen molar-refractivity contribution in [3.63, 3.8) is 0 Å². The summed E-state index contributed by atoms with van der Waals surface area (Å²) in [5.41, 5.74) is 2.11. The van der Waals surface area contributed by atoms with Crippen LogP contribution in [0.1, 0.15) is 30.9 Å². The first kappa shape index (κ1) is 16.0. The van der Waals surface area contributed by atoms with Gasteiger partial charge < -0.3 is 0 Å². The highest BCUT2D eigenvalue weighted by atomic mass is 32.2. The smallest absolute Gasteiger partial charge is 0.207 e. The van der Waals surface area contributed by atoms with Crippen molar-refractivity contribution in [3.8, 4) is 0 Å². The molecular formula is C19H21NO2S. The van der Waals surface area contributed by atoms with Crippen LogP contribution in [0.4, 0.5) is 0 Å². The van der Waals surface area contributed by atoms with Gasteiger partial charge in [0.25, 0.3) is 0 Å². The fraction of sp³-hybridized carbons (Fsp3) is 0.263. The van der Waals surface area contributed by atoms with E-state index in [9.17, 15) is 8.42 Å². The topological polar surface area (TPSA) is 37.4 Å². The van der Waals surface area contributed by atoms with Crippen molar-refractivity contribution in [1.29, 1.82) is 0 Å². The van der Waals surface area contributed by atoms with E-state index in [1.54, 1.807) is 16.4 Å². The zero-order chi connectivity index (χ0) is 16.3. The lowest BCUT2D eigenvalue weighted by Gasteiger charge is -2.20. The van der Waals surface area contributed by atoms with Gasteiger partial charge in [0.2, 0.25) is 10.0 Å². The van der Waals surface area contributed by atoms with Crippen LogP contribution in [-0.2, 0) is 10.0 Å². The molecular weight excluding hydrogens is 306 g/mol. The molecule has 3 nitrogen and oxygen atoms in total. The molecule has 2 aromatic rings. The van der Waals surface area contributed by atoms with Gasteiger partial charge in [0, 0.05) is 12.6 Å². The fourth-order valence-corrected chi connectivity index (χ4v) is 4.61. The molecule has 0 aromatic heterocycles. The molecule has 1 fully saturated rings. The summed E-state index contributed by atoms with van der Waals surface area (Å²) in [6.45, 7) is 2.60. The Hall–Kier alpha value is -1.91. The second kappa shape index (κ2) is 6.69. The van der Waals surface area contributed by atoms with Crippen molar-refractivity contribution in [1.82, 2.24) is 4.31 Å². The van der Waals surface area contributed by atoms with E-state index in [0.29, 0.717) is 11.4 Å². The highest BCUT2D eigenvalue weighted by molar-refractivity contribution is 7.89. The standard InChI is InChI=1S/C19H21NO2S/c1-16-6-5-15-20(16)23(21,22)19-13-11-18(12-14-19)10-9-17-7-3-2-4-8-17/h2-4,7-14,16H,5-6,15H2,1H3/b10-9+/t16-/m1/s1. The van der Waals surface area contributed by atoms with Gasteiger partial charge >= 0.3 is 0 Å². The third-order valence-corrected chi connectivity index (χ3v) is 6.27. The van der Waals surface area contributed by atoms with Gasteiger partial charge in [0.05, 0.1) is 4.90 Å². The lowest BCUT2D eigenvalue weighted by molar-refractivity contribution is 0.408. The maximum Gasteiger partial charge on any atom is 0.243 e. The van der Waals surface area contributed by atoms with Crippen LogP contribution in [0.3, 0.4) is 0 Å². The first-order chi connectivity index (χ1) is 11.1. The van der Waals surface area contributed by atoms with Crippen LogP contribution >= 0.6 is 0 Å². The van der Waals surface area contributed by atoms with Crippen LogP contribution in [-0.4, -0.2) is 25.3 Å². The molecule has 0 radical (unpaired) electrons. The monoisotopic (exact) mass is 327 g/mol. The predicted molar refractivity (Wildman–Crippen MR) is 94.4 cm³/mol. The number of rotatable bonds is 4. The Labute approximate surface area is 138 Å². The minimum absolute atomic E-state index is 0.0950. The molecule has 1 heterocycles. The quantitative estimate of drug-likeness (QED) is 0.795. The number of benzene rings is 2. The average Bonchev–Trinajstić information content (AvgIpc) is 3.01. The summed E-state index contributed by atoms with van der Waals surface area (Å²) < 4.78 is 26.9. The highest BCUT2D eigenvalue weighted by Crippen LogP contribution is 2.26. The normalized spacial score (nSPS) is 19.4. The Kier molecular flexibility index (Phi) is 4.64. The van der Waals surface area contributed by atoms with Crippen molar-refractivity contribution in [2.45, 2.75) is 30.7 Å². The molecule has 0 aliphatic carbocycles. The van der Waals surface area contributed by atoms with Crippen molar-refractivity contribution in [2.75, 3.05) is 6.54 Å². The molecule has 23 heavy (non-hydrogen) atoms. The third kappa shape index (κ3) is 3.54. The molecule has 2 aromatic carbocycles. The van der Waals surface area contributed by atoms with Crippen molar-refractivity contribution in [2.24, 2.45) is 0 Å². The van der Waals surface area contributed by atoms with Gasteiger partial charge in [0.1, 0.15) is 0 Å². The Morgan fingerprint density at radius 1 is 0.957 bits per heavy atom. The largest absolute Gasteiger partial charge is 0.243 e. The van der Waals surface area contributed by atoms with E-state index in [-0.39, 0.29) is 6.04 Å². The highest BCUT2D eigenvalue weighted by Gasteiger charge is 2.32. The summed E-state index contributed by atoms with van der Waals surface area (Å²) >= 11 is 0. The Balaban J connectivity index is 1.78. The molecule has 0 bridgehead atoms. The van der Waals surface area contributed by atoms with E-state index in [1.165, 1.54) is 0 Å². The average molecular weight is 327 g/mol. The first-order valence-electron chi connectivity index (χ1n) is 7.92. The Morgan fingerprint density at radius 2 is 1.57 bits per heavy atom. The molecule has 0 amide bonds. The van der Waals surface area contributed by atoms with E-state index < -0.39 is 10.0 Å². The lowest BCUT2D eigenvalue weighted by Crippen LogP contribution is -2.33. The molecule has 0 unspecified atom stereocenters. The summed E-state index contributed by atoms with van der Waals surface area (Å²) in [7, 11) is -3.36. The van der Waals surface area contributed by atoms with Crippen molar-refractivity contribution < 1.29 is 8.42 Å². The number of hydrogen-bond donors (Lipinski definition) is 0. The van der Waals surface area contributed by atoms with E-state index >= 15 is 0 Å². The molecule has 1 atom stereocenters. The third-order valence-electron chi connectivity index (χ3n) is 4.25. The number of sulfonamides is 1. The van der Waals surface area contributed by atoms with E-state index in [0.717, 1.165) is 24.0 Å². The second-order valence-corrected chi connectivity index (χ2v) is 7.81. The number of hydrogen-bond acceptors (Lipinski definition) is 2. The zero-order valence-electron chi connectivity index (χ0n) is 13.2. The molecule has 1 aliphatic rings. The second-order valence-electron chi connectivity index (χ2n) is 5.92. The van der Waals surface area contributed by atoms with Crippen molar-refractivity contribution in [3.05, 3.63) is 65.7 Å². The van der Waals surface area contributed by atoms with Crippen LogP contribution in [0, 0.1) is 0 Å². The van der Waals surface area contributed by atoms with Gasteiger partial charge in [-0.2, -0.15) is 4.31 Å². The minimum Gasteiger partial charge on any atom is -0.207 e. The fourth-order valence-electron chi connectivity index (χ4n) is 2.91. The zero-order valence-corrected chi connectivity index (χ0v) is 14.0. The summed E-state index contributed by atoms with van der Waals surface area (Å²) in [5, 5.41) is 0. The van der Waals surface area contributed by atoms with Gasteiger partial charge in [-0.3, -0.25) is 0 Å². The van der Waals surface area contributed by atoms with Crippen LogP contribution in [0.15, 0.2) is 59.5 Å². The maximum atomic E-state index is 12.6. The van der Waals surface area contributed by atoms with E-state index in [1.807, 2.05) is 61.5 Å². The molecule has 4 heteroatoms. The number of nitrogens with zero attached hydrogens (tertiary/aromatic N) is 1. The molecule has 1 aliphatic heterocycles. The summed E-state index contributed by atoms with van der Waals surface area (Å²) in [4.78, 5) is 0.378. The van der Waals surface area contributed by atoms with Gasteiger partial charge in [-0.15, -0.1) is 0 Å². The van der Waals surface area contributed by atoms with Crippen LogP contribution < -0.4 is 0 Å². The van der Waals surface area contributed by atoms with E-state index in [2.05, 4.69) is 0 Å². The molecule has 3 rings (SSSR count). The Morgan fingerprint density at radius 3 is 2.13 bits per heavy atom. The first-order valence-corrected chi connectivity index (χ1v) is 9.36. The van der Waals surface area contributed by atoms with Gasteiger partial charge in [-0.25, -0.2) is 8.42 Å². The molecule has 0 spiro atoms. The summed E-state index contributed by atoms with van der Waals surface area (Å²) in [6, 6.07) is 17.2. The van der Waals surface area contributed by atoms with E-state index in [4.69, 9.17) is 0 Å². The summed E-state index contributed by atoms with van der Waals surface area (Å²) in [6.07, 6.45) is 5.89. The SMILES string of the molecule is C[C@@H]1CCCN1S(=O)(=O)c1ccc(/C=C/c2ccccc2)cc1. The summed E-state index contributed by atoms with van der Waals surface area (Å²) in [5.74, 6) is 0. The molecule has 120 valence electrons. The molecule has 0 saturated carbocycles. The molecule has 0 N–H and O–H groups in total. The minimum atomic E-state index is -3.36. The van der Waals surface area contributed by atoms with Gasteiger partial charge in [0.15, 0.2) is 0 Å². The molecule has 1 saturated heterocycles. The van der Waals surface area contributed by atoms with Gasteiger partial charge in [-0.1, -0.05) is 54.6 Å². The van der Waals surface area contributed by atoms with Crippen LogP contribution in [0.2, 0.25) is 0 Å². The van der Waals surface area contributed by atoms with Crippen LogP contribution in [0.5, 0.6) is 0 Å². The predicted octanol–water partition coefficient (Wildman–Crippen LogP) is 4.03. The lowest BCUT2D eigenvalue weighted by atomic mass is 10.1. The maximum absolute atomic E-state index is 12.6. The van der Waals surface area contributed by atoms with Gasteiger partial charge in [-0.05, 0) is 43.0 Å². The van der Waals surface area contributed by atoms with Crippen molar-refractivity contribution >= 4 is 22.2 Å².